The van der Waals surface area contributed by atoms with Crippen LogP contribution >= 0.6 is 15.9 Å². The number of halogens is 1. The number of carbonyl (C=O) groups is 1. The van der Waals surface area contributed by atoms with Crippen molar-refractivity contribution in [2.24, 2.45) is 5.10 Å². The van der Waals surface area contributed by atoms with Gasteiger partial charge in [-0.25, -0.2) is 5.43 Å². The predicted molar refractivity (Wildman–Crippen MR) is 86.6 cm³/mol. The zero-order valence-electron chi connectivity index (χ0n) is 11.5. The maximum atomic E-state index is 11.6. The summed E-state index contributed by atoms with van der Waals surface area (Å²) >= 11 is 3.37. The summed E-state index contributed by atoms with van der Waals surface area (Å²) in [5.41, 5.74) is 4.40. The van der Waals surface area contributed by atoms with Crippen LogP contribution in [0.1, 0.15) is 11.1 Å². The van der Waals surface area contributed by atoms with Crippen LogP contribution in [0, 0.1) is 6.92 Å². The number of ether oxygens (including phenoxy) is 1. The minimum absolute atomic E-state index is 0.0702. The van der Waals surface area contributed by atoms with Gasteiger partial charge in [-0.15, -0.1) is 0 Å². The molecule has 0 aliphatic rings. The van der Waals surface area contributed by atoms with Crippen LogP contribution in [-0.2, 0) is 4.79 Å². The van der Waals surface area contributed by atoms with Gasteiger partial charge in [0.25, 0.3) is 5.91 Å². The van der Waals surface area contributed by atoms with Crippen LogP contribution in [0.5, 0.6) is 5.75 Å². The summed E-state index contributed by atoms with van der Waals surface area (Å²) in [6, 6.07) is 15.1. The molecule has 1 N–H and O–H groups in total. The van der Waals surface area contributed by atoms with Crippen molar-refractivity contribution in [1.82, 2.24) is 5.43 Å². The summed E-state index contributed by atoms with van der Waals surface area (Å²) in [6.45, 7) is 1.90. The smallest absolute Gasteiger partial charge is 0.277 e. The fraction of sp³-hybridized carbons (Fsp3) is 0.125. The Bertz CT molecular complexity index is 656. The van der Waals surface area contributed by atoms with Crippen LogP contribution in [0.2, 0.25) is 0 Å². The standard InChI is InChI=1S/C16H15BrN2O2/c1-12-4-2-7-15(8-12)21-11-16(20)19-18-10-13-5-3-6-14(17)9-13/h2-10H,11H2,1H3,(H,19,20)/b18-10-. The average Bonchev–Trinajstić information content (AvgIpc) is 2.45. The molecule has 2 rings (SSSR count). The van der Waals surface area contributed by atoms with Crippen molar-refractivity contribution in [3.8, 4) is 5.75 Å². The summed E-state index contributed by atoms with van der Waals surface area (Å²) in [5, 5.41) is 3.89. The van der Waals surface area contributed by atoms with Gasteiger partial charge >= 0.3 is 0 Å². The van der Waals surface area contributed by atoms with Crippen molar-refractivity contribution in [3.05, 3.63) is 64.1 Å². The molecule has 0 unspecified atom stereocenters. The maximum absolute atomic E-state index is 11.6. The molecule has 0 heterocycles. The highest BCUT2D eigenvalue weighted by atomic mass is 79.9. The van der Waals surface area contributed by atoms with Crippen LogP contribution < -0.4 is 10.2 Å². The van der Waals surface area contributed by atoms with Crippen LogP contribution in [0.4, 0.5) is 0 Å². The van der Waals surface area contributed by atoms with Crippen molar-refractivity contribution >= 4 is 28.1 Å². The highest BCUT2D eigenvalue weighted by Gasteiger charge is 2.01. The van der Waals surface area contributed by atoms with Gasteiger partial charge in [0.2, 0.25) is 0 Å². The lowest BCUT2D eigenvalue weighted by molar-refractivity contribution is -0.123. The highest BCUT2D eigenvalue weighted by Crippen LogP contribution is 2.12. The van der Waals surface area contributed by atoms with Gasteiger partial charge in [-0.3, -0.25) is 4.79 Å². The zero-order chi connectivity index (χ0) is 15.1. The molecule has 1 amide bonds. The molecule has 2 aromatic carbocycles. The Hall–Kier alpha value is -2.14. The maximum Gasteiger partial charge on any atom is 0.277 e. The Balaban J connectivity index is 1.80. The van der Waals surface area contributed by atoms with E-state index in [1.807, 2.05) is 55.5 Å². The number of carbonyl (C=O) groups excluding carboxylic acids is 1. The monoisotopic (exact) mass is 346 g/mol. The van der Waals surface area contributed by atoms with E-state index in [2.05, 4.69) is 26.5 Å². The van der Waals surface area contributed by atoms with E-state index in [4.69, 9.17) is 4.74 Å². The largest absolute Gasteiger partial charge is 0.484 e. The normalized spacial score (nSPS) is 10.6. The fourth-order valence-electron chi connectivity index (χ4n) is 1.65. The van der Waals surface area contributed by atoms with Gasteiger partial charge in [0.05, 0.1) is 6.21 Å². The summed E-state index contributed by atoms with van der Waals surface area (Å²) < 4.78 is 6.34. The number of benzene rings is 2. The number of hydrazone groups is 1. The summed E-state index contributed by atoms with van der Waals surface area (Å²) in [6.07, 6.45) is 1.58. The quantitative estimate of drug-likeness (QED) is 0.667. The van der Waals surface area contributed by atoms with E-state index in [1.54, 1.807) is 6.21 Å². The Kier molecular flexibility index (Phi) is 5.51. The van der Waals surface area contributed by atoms with E-state index in [1.165, 1.54) is 0 Å². The van der Waals surface area contributed by atoms with E-state index in [9.17, 15) is 4.79 Å². The van der Waals surface area contributed by atoms with Gasteiger partial charge in [-0.2, -0.15) is 5.10 Å². The first kappa shape index (κ1) is 15.3. The Morgan fingerprint density at radius 3 is 2.86 bits per heavy atom. The molecule has 0 aliphatic heterocycles. The van der Waals surface area contributed by atoms with Crippen molar-refractivity contribution in [1.29, 1.82) is 0 Å². The van der Waals surface area contributed by atoms with Gasteiger partial charge < -0.3 is 4.74 Å². The zero-order valence-corrected chi connectivity index (χ0v) is 13.1. The first-order chi connectivity index (χ1) is 10.1. The van der Waals surface area contributed by atoms with Gasteiger partial charge in [-0.05, 0) is 42.3 Å². The molecule has 5 heteroatoms. The van der Waals surface area contributed by atoms with E-state index >= 15 is 0 Å². The van der Waals surface area contributed by atoms with Crippen LogP contribution in [-0.4, -0.2) is 18.7 Å². The molecule has 0 fully saturated rings. The van der Waals surface area contributed by atoms with Crippen LogP contribution in [0.25, 0.3) is 0 Å². The molecule has 0 saturated heterocycles. The van der Waals surface area contributed by atoms with Gasteiger partial charge in [0.1, 0.15) is 5.75 Å². The second-order valence-electron chi connectivity index (χ2n) is 4.45. The molecule has 2 aromatic rings. The summed E-state index contributed by atoms with van der Waals surface area (Å²) in [7, 11) is 0. The molecule has 0 aliphatic carbocycles. The molecule has 0 aromatic heterocycles. The summed E-state index contributed by atoms with van der Waals surface area (Å²) in [4.78, 5) is 11.6. The van der Waals surface area contributed by atoms with Crippen molar-refractivity contribution in [2.45, 2.75) is 6.92 Å². The third-order valence-corrected chi connectivity index (χ3v) is 3.10. The molecular formula is C16H15BrN2O2. The molecule has 0 radical (unpaired) electrons. The van der Waals surface area contributed by atoms with Gasteiger partial charge in [0, 0.05) is 4.47 Å². The first-order valence-corrected chi connectivity index (χ1v) is 7.20. The number of nitrogens with one attached hydrogen (secondary N) is 1. The second-order valence-corrected chi connectivity index (χ2v) is 5.37. The van der Waals surface area contributed by atoms with E-state index in [0.29, 0.717) is 5.75 Å². The van der Waals surface area contributed by atoms with Gasteiger partial charge in [-0.1, -0.05) is 40.2 Å². The molecular weight excluding hydrogens is 332 g/mol. The van der Waals surface area contributed by atoms with E-state index in [-0.39, 0.29) is 12.5 Å². The van der Waals surface area contributed by atoms with Gasteiger partial charge in [0.15, 0.2) is 6.61 Å². The lowest BCUT2D eigenvalue weighted by Gasteiger charge is -2.05. The van der Waals surface area contributed by atoms with Crippen LogP contribution in [0.15, 0.2) is 58.1 Å². The van der Waals surface area contributed by atoms with Crippen molar-refractivity contribution < 1.29 is 9.53 Å². The minimum Gasteiger partial charge on any atom is -0.484 e. The van der Waals surface area contributed by atoms with Crippen molar-refractivity contribution in [2.75, 3.05) is 6.61 Å². The third kappa shape index (κ3) is 5.39. The minimum atomic E-state index is -0.303. The number of hydrogen-bond donors (Lipinski definition) is 1. The lowest BCUT2D eigenvalue weighted by Crippen LogP contribution is -2.24. The summed E-state index contributed by atoms with van der Waals surface area (Å²) in [5.74, 6) is 0.365. The predicted octanol–water partition coefficient (Wildman–Crippen LogP) is 3.29. The number of amides is 1. The molecule has 21 heavy (non-hydrogen) atoms. The first-order valence-electron chi connectivity index (χ1n) is 6.40. The SMILES string of the molecule is Cc1cccc(OCC(=O)N/N=C\c2cccc(Br)c2)c1. The average molecular weight is 347 g/mol. The fourth-order valence-corrected chi connectivity index (χ4v) is 2.07. The second kappa shape index (κ2) is 7.59. The molecule has 0 saturated carbocycles. The van der Waals surface area contributed by atoms with Crippen LogP contribution in [0.3, 0.4) is 0 Å². The number of aryl methyl sites for hydroxylation is 1. The molecule has 0 spiro atoms. The Morgan fingerprint density at radius 2 is 2.10 bits per heavy atom. The topological polar surface area (TPSA) is 50.7 Å². The molecule has 108 valence electrons. The Labute approximate surface area is 132 Å². The number of rotatable bonds is 5. The van der Waals surface area contributed by atoms with E-state index in [0.717, 1.165) is 15.6 Å². The Morgan fingerprint density at radius 1 is 1.29 bits per heavy atom. The molecule has 4 nitrogen and oxygen atoms in total. The van der Waals surface area contributed by atoms with Crippen molar-refractivity contribution in [3.63, 3.8) is 0 Å². The molecule has 0 atom stereocenters. The highest BCUT2D eigenvalue weighted by molar-refractivity contribution is 9.10. The van der Waals surface area contributed by atoms with E-state index < -0.39 is 0 Å². The third-order valence-electron chi connectivity index (χ3n) is 2.61. The number of nitrogens with zero attached hydrogens (tertiary/aromatic N) is 1. The lowest BCUT2D eigenvalue weighted by atomic mass is 10.2. The molecule has 0 bridgehead atoms. The number of hydrogen-bond acceptors (Lipinski definition) is 3.